The van der Waals surface area contributed by atoms with Gasteiger partial charge in [-0.2, -0.15) is 0 Å². The molecule has 9 aromatic rings. The number of pyridine rings is 2. The molecule has 0 N–H and O–H groups in total. The van der Waals surface area contributed by atoms with E-state index in [0.717, 1.165) is 79.8 Å². The molecule has 0 saturated carbocycles. The summed E-state index contributed by atoms with van der Waals surface area (Å²) in [5.74, 6) is 4.49. The third-order valence-electron chi connectivity index (χ3n) is 10.3. The summed E-state index contributed by atoms with van der Waals surface area (Å²) in [4.78, 5) is 19.2. The fraction of sp³-hybridized carbons (Fsp3) is 0.154. The molecule has 0 fully saturated rings. The predicted molar refractivity (Wildman–Crippen MR) is 238 cm³/mol. The predicted octanol–water partition coefficient (Wildman–Crippen LogP) is 13.3. The van der Waals surface area contributed by atoms with E-state index >= 15 is 0 Å². The van der Waals surface area contributed by atoms with Crippen molar-refractivity contribution in [1.29, 1.82) is 0 Å². The molecule has 0 aliphatic heterocycles. The fourth-order valence-electron chi connectivity index (χ4n) is 7.79. The average Bonchev–Trinajstić information content (AvgIpc) is 3.56. The smallest absolute Gasteiger partial charge is 0.234 e. The second-order valence-electron chi connectivity index (χ2n) is 15.9. The molecule has 7 heteroatoms. The molecule has 0 saturated heterocycles. The van der Waals surface area contributed by atoms with Crippen molar-refractivity contribution in [3.63, 3.8) is 0 Å². The molecule has 0 amide bonds. The van der Waals surface area contributed by atoms with Crippen molar-refractivity contribution in [2.75, 3.05) is 0 Å². The van der Waals surface area contributed by atoms with Gasteiger partial charge in [0.2, 0.25) is 5.95 Å². The van der Waals surface area contributed by atoms with E-state index in [0.29, 0.717) is 29.3 Å². The van der Waals surface area contributed by atoms with Crippen molar-refractivity contribution in [1.82, 2.24) is 24.5 Å². The quantitative estimate of drug-likeness (QED) is 0.123. The van der Waals surface area contributed by atoms with Crippen molar-refractivity contribution < 1.29 is 9.47 Å². The lowest BCUT2D eigenvalue weighted by Crippen LogP contribution is -2.02. The van der Waals surface area contributed by atoms with Gasteiger partial charge in [-0.15, -0.1) is 0 Å². The van der Waals surface area contributed by atoms with E-state index in [4.69, 9.17) is 19.4 Å². The van der Waals surface area contributed by atoms with Gasteiger partial charge in [0.25, 0.3) is 0 Å². The number of hydrogen-bond acceptors (Lipinski definition) is 6. The molecule has 0 aliphatic carbocycles. The van der Waals surface area contributed by atoms with Crippen LogP contribution in [0.2, 0.25) is 0 Å². The molecule has 0 unspecified atom stereocenters. The normalized spacial score (nSPS) is 11.5. The van der Waals surface area contributed by atoms with E-state index in [1.165, 1.54) is 11.1 Å². The molecule has 0 atom stereocenters. The van der Waals surface area contributed by atoms with Gasteiger partial charge in [-0.25, -0.2) is 9.97 Å². The Bertz CT molecular complexity index is 2720. The largest absolute Gasteiger partial charge is 0.457 e. The van der Waals surface area contributed by atoms with Crippen LogP contribution in [0.1, 0.15) is 38.8 Å². The first-order valence-electron chi connectivity index (χ1n) is 20.3. The lowest BCUT2D eigenvalue weighted by molar-refractivity contribution is 0.483. The summed E-state index contributed by atoms with van der Waals surface area (Å²) in [5, 5.41) is 2.09. The first-order valence-corrected chi connectivity index (χ1v) is 20.3. The van der Waals surface area contributed by atoms with Crippen LogP contribution in [0, 0.1) is 11.8 Å². The zero-order valence-corrected chi connectivity index (χ0v) is 33.7. The summed E-state index contributed by atoms with van der Waals surface area (Å²) in [5.41, 5.74) is 10.4. The first-order chi connectivity index (χ1) is 28.8. The van der Waals surface area contributed by atoms with E-state index < -0.39 is 0 Å². The highest BCUT2D eigenvalue weighted by Gasteiger charge is 2.18. The minimum absolute atomic E-state index is 0.554. The summed E-state index contributed by atoms with van der Waals surface area (Å²) in [6, 6.07) is 47.1. The number of nitrogens with zero attached hydrogens (tertiary/aromatic N) is 5. The molecule has 7 nitrogen and oxygen atoms in total. The van der Waals surface area contributed by atoms with Crippen molar-refractivity contribution >= 4 is 21.8 Å². The number of benzene rings is 5. The SMILES string of the molecule is CC(C)Cc1cc(CC(C)C)cc(-c2cnc(-n3c4cc(Oc5cccc(-c6ccccn6)c5)ccc4c4ccc(Oc5cccc(-c6ccccn6)c5)cc43)nc2)c1. The molecule has 0 aliphatic rings. The van der Waals surface area contributed by atoms with Gasteiger partial charge >= 0.3 is 0 Å². The van der Waals surface area contributed by atoms with Crippen LogP contribution in [-0.2, 0) is 12.8 Å². The van der Waals surface area contributed by atoms with Crippen LogP contribution >= 0.6 is 0 Å². The maximum absolute atomic E-state index is 6.53. The molecular weight excluding hydrogens is 727 g/mol. The second kappa shape index (κ2) is 16.4. The van der Waals surface area contributed by atoms with Gasteiger partial charge in [-0.1, -0.05) is 82.3 Å². The van der Waals surface area contributed by atoms with E-state index in [2.05, 4.69) is 84.7 Å². The van der Waals surface area contributed by atoms with Gasteiger partial charge in [0.05, 0.1) is 22.4 Å². The van der Waals surface area contributed by atoms with Crippen LogP contribution in [0.5, 0.6) is 23.0 Å². The Labute approximate surface area is 345 Å². The Kier molecular flexibility index (Phi) is 10.4. The molecule has 4 heterocycles. The number of fused-ring (bicyclic) bond motifs is 3. The zero-order chi connectivity index (χ0) is 40.3. The number of rotatable bonds is 12. The zero-order valence-electron chi connectivity index (χ0n) is 33.7. The van der Waals surface area contributed by atoms with Crippen LogP contribution in [0.4, 0.5) is 0 Å². The van der Waals surface area contributed by atoms with Gasteiger partial charge in [-0.05, 0) is 114 Å². The standard InChI is InChI=1S/C52H45N5O2/c1-34(2)23-36-25-37(24-35(3)4)27-40(26-36)41-32-55-52(56-33-41)57-50-30-44(58-42-13-9-11-38(28-42)48-15-5-7-21-53-48)17-19-46(50)47-20-18-45(31-51(47)57)59-43-14-10-12-39(29-43)49-16-6-8-22-54-49/h5-22,25-35H,23-24H2,1-4H3. The van der Waals surface area contributed by atoms with E-state index in [9.17, 15) is 0 Å². The van der Waals surface area contributed by atoms with Gasteiger partial charge in [-0.3, -0.25) is 14.5 Å². The molecule has 0 radical (unpaired) electrons. The van der Waals surface area contributed by atoms with Gasteiger partial charge in [0.1, 0.15) is 23.0 Å². The van der Waals surface area contributed by atoms with E-state index in [-0.39, 0.29) is 0 Å². The lowest BCUT2D eigenvalue weighted by atomic mass is 9.93. The minimum Gasteiger partial charge on any atom is -0.457 e. The Hall–Kier alpha value is -7.12. The third kappa shape index (κ3) is 8.32. The molecule has 59 heavy (non-hydrogen) atoms. The number of hydrogen-bond donors (Lipinski definition) is 0. The molecule has 5 aromatic carbocycles. The topological polar surface area (TPSA) is 75.0 Å². The molecule has 0 bridgehead atoms. The maximum atomic E-state index is 6.53. The Balaban J connectivity index is 1.13. The summed E-state index contributed by atoms with van der Waals surface area (Å²) in [7, 11) is 0. The Morgan fingerprint density at radius 3 is 1.39 bits per heavy atom. The van der Waals surface area contributed by atoms with Crippen molar-refractivity contribution in [2.24, 2.45) is 11.8 Å². The van der Waals surface area contributed by atoms with Crippen LogP contribution in [-0.4, -0.2) is 24.5 Å². The van der Waals surface area contributed by atoms with E-state index in [1.807, 2.05) is 109 Å². The van der Waals surface area contributed by atoms with Gasteiger partial charge in [0.15, 0.2) is 0 Å². The van der Waals surface area contributed by atoms with Crippen molar-refractivity contribution in [3.05, 3.63) is 175 Å². The maximum Gasteiger partial charge on any atom is 0.234 e. The van der Waals surface area contributed by atoms with Crippen LogP contribution in [0.3, 0.4) is 0 Å². The minimum atomic E-state index is 0.554. The van der Waals surface area contributed by atoms with Crippen LogP contribution in [0.25, 0.3) is 61.4 Å². The summed E-state index contributed by atoms with van der Waals surface area (Å²) >= 11 is 0. The fourth-order valence-corrected chi connectivity index (χ4v) is 7.79. The second-order valence-corrected chi connectivity index (χ2v) is 15.9. The number of aromatic nitrogens is 5. The molecule has 0 spiro atoms. The summed E-state index contributed by atoms with van der Waals surface area (Å²) in [6.07, 6.45) is 9.53. The molecule has 4 aromatic heterocycles. The third-order valence-corrected chi connectivity index (χ3v) is 10.3. The van der Waals surface area contributed by atoms with Crippen LogP contribution < -0.4 is 9.47 Å². The van der Waals surface area contributed by atoms with Crippen LogP contribution in [0.15, 0.2) is 164 Å². The summed E-state index contributed by atoms with van der Waals surface area (Å²) in [6.45, 7) is 9.07. The number of ether oxygens (including phenoxy) is 2. The molecule has 9 rings (SSSR count). The van der Waals surface area contributed by atoms with Crippen molar-refractivity contribution in [3.8, 4) is 62.6 Å². The van der Waals surface area contributed by atoms with Crippen molar-refractivity contribution in [2.45, 2.75) is 40.5 Å². The monoisotopic (exact) mass is 771 g/mol. The Morgan fingerprint density at radius 1 is 0.441 bits per heavy atom. The lowest BCUT2D eigenvalue weighted by Gasteiger charge is -2.14. The molecular formula is C52H45N5O2. The van der Waals surface area contributed by atoms with Gasteiger partial charge in [0, 0.05) is 64.4 Å². The highest BCUT2D eigenvalue weighted by molar-refractivity contribution is 6.09. The van der Waals surface area contributed by atoms with Gasteiger partial charge < -0.3 is 9.47 Å². The average molecular weight is 772 g/mol. The highest BCUT2D eigenvalue weighted by Crippen LogP contribution is 2.38. The molecule has 290 valence electrons. The highest BCUT2D eigenvalue weighted by atomic mass is 16.5. The van der Waals surface area contributed by atoms with E-state index in [1.54, 1.807) is 12.4 Å². The Morgan fingerprint density at radius 2 is 0.932 bits per heavy atom. The first kappa shape index (κ1) is 37.5. The summed E-state index contributed by atoms with van der Waals surface area (Å²) < 4.78 is 15.2.